The lowest BCUT2D eigenvalue weighted by atomic mass is 10.3. The van der Waals surface area contributed by atoms with Crippen LogP contribution in [0.15, 0.2) is 18.3 Å². The fraction of sp³-hybridized carbons (Fsp3) is 0.500. The van der Waals surface area contributed by atoms with Crippen LogP contribution in [0, 0.1) is 0 Å². The Morgan fingerprint density at radius 1 is 1.53 bits per heavy atom. The first kappa shape index (κ1) is 11.7. The maximum absolute atomic E-state index is 12.2. The molecule has 1 aromatic heterocycles. The molecule has 0 radical (unpaired) electrons. The predicted octanol–water partition coefficient (Wildman–Crippen LogP) is 1.37. The van der Waals surface area contributed by atoms with E-state index in [0.29, 0.717) is 18.3 Å². The SMILES string of the molecule is CCN(CC(=O)O)C(=O)c1cccn1C1CC1. The second-order valence-electron chi connectivity index (χ2n) is 4.24. The molecule has 0 saturated heterocycles. The maximum Gasteiger partial charge on any atom is 0.323 e. The average molecular weight is 236 g/mol. The van der Waals surface area contributed by atoms with E-state index in [1.807, 2.05) is 16.8 Å². The lowest BCUT2D eigenvalue weighted by Gasteiger charge is -2.19. The van der Waals surface area contributed by atoms with E-state index >= 15 is 0 Å². The summed E-state index contributed by atoms with van der Waals surface area (Å²) in [5.41, 5.74) is 0.593. The minimum Gasteiger partial charge on any atom is -0.480 e. The lowest BCUT2D eigenvalue weighted by Crippen LogP contribution is -2.36. The van der Waals surface area contributed by atoms with Gasteiger partial charge in [0.2, 0.25) is 0 Å². The molecule has 1 N–H and O–H groups in total. The standard InChI is InChI=1S/C12H16N2O3/c1-2-13(8-11(15)16)12(17)10-4-3-7-14(10)9-5-6-9/h3-4,7,9H,2,5-6,8H2,1H3,(H,15,16). The summed E-state index contributed by atoms with van der Waals surface area (Å²) in [5.74, 6) is -1.18. The van der Waals surface area contributed by atoms with Gasteiger partial charge in [-0.05, 0) is 31.9 Å². The van der Waals surface area contributed by atoms with Gasteiger partial charge in [0.05, 0.1) is 0 Å². The molecule has 17 heavy (non-hydrogen) atoms. The summed E-state index contributed by atoms with van der Waals surface area (Å²) >= 11 is 0. The van der Waals surface area contributed by atoms with Crippen molar-refractivity contribution in [2.75, 3.05) is 13.1 Å². The molecule has 0 aliphatic heterocycles. The average Bonchev–Trinajstić information content (AvgIpc) is 3.03. The number of rotatable bonds is 5. The summed E-state index contributed by atoms with van der Waals surface area (Å²) in [6.07, 6.45) is 4.08. The number of aromatic nitrogens is 1. The molecule has 5 heteroatoms. The number of aliphatic carboxylic acids is 1. The minimum atomic E-state index is -0.982. The predicted molar refractivity (Wildman–Crippen MR) is 61.9 cm³/mol. The molecule has 1 amide bonds. The second-order valence-corrected chi connectivity index (χ2v) is 4.24. The summed E-state index contributed by atoms with van der Waals surface area (Å²) in [6.45, 7) is 1.94. The Morgan fingerprint density at radius 3 is 2.76 bits per heavy atom. The largest absolute Gasteiger partial charge is 0.480 e. The highest BCUT2D eigenvalue weighted by molar-refractivity contribution is 5.94. The number of carbonyl (C=O) groups is 2. The molecule has 1 aliphatic rings. The number of carbonyl (C=O) groups excluding carboxylic acids is 1. The zero-order valence-corrected chi connectivity index (χ0v) is 9.80. The van der Waals surface area contributed by atoms with Gasteiger partial charge in [-0.15, -0.1) is 0 Å². The van der Waals surface area contributed by atoms with E-state index in [-0.39, 0.29) is 12.5 Å². The second kappa shape index (κ2) is 4.61. The Morgan fingerprint density at radius 2 is 2.24 bits per heavy atom. The third-order valence-corrected chi connectivity index (χ3v) is 2.93. The number of hydrogen-bond acceptors (Lipinski definition) is 2. The minimum absolute atomic E-state index is 0.202. The quantitative estimate of drug-likeness (QED) is 0.839. The van der Waals surface area contributed by atoms with Gasteiger partial charge in [-0.3, -0.25) is 9.59 Å². The van der Waals surface area contributed by atoms with Crippen molar-refractivity contribution in [2.24, 2.45) is 0 Å². The fourth-order valence-corrected chi connectivity index (χ4v) is 1.90. The van der Waals surface area contributed by atoms with Gasteiger partial charge in [0.1, 0.15) is 12.2 Å². The van der Waals surface area contributed by atoms with E-state index < -0.39 is 5.97 Å². The third kappa shape index (κ3) is 2.49. The van der Waals surface area contributed by atoms with Crippen LogP contribution in [0.4, 0.5) is 0 Å². The smallest absolute Gasteiger partial charge is 0.323 e. The molecule has 5 nitrogen and oxygen atoms in total. The van der Waals surface area contributed by atoms with E-state index in [0.717, 1.165) is 12.8 Å². The monoisotopic (exact) mass is 236 g/mol. The Hall–Kier alpha value is -1.78. The van der Waals surface area contributed by atoms with Gasteiger partial charge in [0.25, 0.3) is 5.91 Å². The first-order valence-electron chi connectivity index (χ1n) is 5.81. The molecule has 1 aromatic rings. The number of likely N-dealkylation sites (N-methyl/N-ethyl adjacent to an activating group) is 1. The normalized spacial score (nSPS) is 14.6. The van der Waals surface area contributed by atoms with Gasteiger partial charge in [0, 0.05) is 18.8 Å². The molecule has 1 aliphatic carbocycles. The molecule has 1 heterocycles. The van der Waals surface area contributed by atoms with Crippen LogP contribution >= 0.6 is 0 Å². The Kier molecular flexibility index (Phi) is 3.17. The summed E-state index contributed by atoms with van der Waals surface area (Å²) in [7, 11) is 0. The van der Waals surface area contributed by atoms with Crippen molar-refractivity contribution < 1.29 is 14.7 Å². The van der Waals surface area contributed by atoms with Crippen LogP contribution in [0.25, 0.3) is 0 Å². The molecule has 2 rings (SSSR count). The van der Waals surface area contributed by atoms with Crippen molar-refractivity contribution >= 4 is 11.9 Å². The van der Waals surface area contributed by atoms with Gasteiger partial charge < -0.3 is 14.6 Å². The fourth-order valence-electron chi connectivity index (χ4n) is 1.90. The molecule has 92 valence electrons. The molecule has 1 saturated carbocycles. The van der Waals surface area contributed by atoms with Crippen molar-refractivity contribution in [1.82, 2.24) is 9.47 Å². The molecule has 0 atom stereocenters. The highest BCUT2D eigenvalue weighted by Crippen LogP contribution is 2.36. The van der Waals surface area contributed by atoms with E-state index in [4.69, 9.17) is 5.11 Å². The van der Waals surface area contributed by atoms with E-state index in [2.05, 4.69) is 0 Å². The van der Waals surface area contributed by atoms with Gasteiger partial charge in [-0.1, -0.05) is 0 Å². The van der Waals surface area contributed by atoms with Crippen molar-refractivity contribution in [2.45, 2.75) is 25.8 Å². The van der Waals surface area contributed by atoms with Gasteiger partial charge in [-0.2, -0.15) is 0 Å². The molecular weight excluding hydrogens is 220 g/mol. The van der Waals surface area contributed by atoms with Crippen molar-refractivity contribution in [3.63, 3.8) is 0 Å². The highest BCUT2D eigenvalue weighted by atomic mass is 16.4. The Labute approximate surface area is 99.6 Å². The zero-order valence-electron chi connectivity index (χ0n) is 9.80. The molecule has 0 bridgehead atoms. The topological polar surface area (TPSA) is 62.5 Å². The van der Waals surface area contributed by atoms with Crippen LogP contribution < -0.4 is 0 Å². The van der Waals surface area contributed by atoms with E-state index in [1.165, 1.54) is 4.90 Å². The van der Waals surface area contributed by atoms with Crippen LogP contribution in [0.5, 0.6) is 0 Å². The van der Waals surface area contributed by atoms with Gasteiger partial charge >= 0.3 is 5.97 Å². The summed E-state index contributed by atoms with van der Waals surface area (Å²) in [6, 6.07) is 4.01. The van der Waals surface area contributed by atoms with Crippen molar-refractivity contribution in [3.8, 4) is 0 Å². The van der Waals surface area contributed by atoms with Crippen LogP contribution in [-0.2, 0) is 4.79 Å². The van der Waals surface area contributed by atoms with Gasteiger partial charge in [0.15, 0.2) is 0 Å². The first-order chi connectivity index (χ1) is 8.13. The highest BCUT2D eigenvalue weighted by Gasteiger charge is 2.28. The first-order valence-corrected chi connectivity index (χ1v) is 5.81. The number of carboxylic acids is 1. The Balaban J connectivity index is 2.16. The van der Waals surface area contributed by atoms with Crippen molar-refractivity contribution in [3.05, 3.63) is 24.0 Å². The number of amides is 1. The summed E-state index contributed by atoms with van der Waals surface area (Å²) < 4.78 is 1.95. The number of nitrogens with zero attached hydrogens (tertiary/aromatic N) is 2. The van der Waals surface area contributed by atoms with Crippen molar-refractivity contribution in [1.29, 1.82) is 0 Å². The van der Waals surface area contributed by atoms with Crippen LogP contribution in [-0.4, -0.2) is 39.5 Å². The molecule has 0 aromatic carbocycles. The number of carboxylic acid groups (broad SMARTS) is 1. The summed E-state index contributed by atoms with van der Waals surface area (Å²) in [4.78, 5) is 24.2. The van der Waals surface area contributed by atoms with E-state index in [9.17, 15) is 9.59 Å². The number of hydrogen-bond donors (Lipinski definition) is 1. The molecule has 0 spiro atoms. The lowest BCUT2D eigenvalue weighted by molar-refractivity contribution is -0.137. The van der Waals surface area contributed by atoms with Gasteiger partial charge in [-0.25, -0.2) is 0 Å². The Bertz CT molecular complexity index is 435. The third-order valence-electron chi connectivity index (χ3n) is 2.93. The molecular formula is C12H16N2O3. The maximum atomic E-state index is 12.2. The summed E-state index contributed by atoms with van der Waals surface area (Å²) in [5, 5.41) is 8.75. The van der Waals surface area contributed by atoms with E-state index in [1.54, 1.807) is 13.0 Å². The van der Waals surface area contributed by atoms with Crippen LogP contribution in [0.3, 0.4) is 0 Å². The van der Waals surface area contributed by atoms with Crippen LogP contribution in [0.1, 0.15) is 36.3 Å². The van der Waals surface area contributed by atoms with Crippen LogP contribution in [0.2, 0.25) is 0 Å². The zero-order chi connectivity index (χ0) is 12.4. The molecule has 0 unspecified atom stereocenters. The molecule has 1 fully saturated rings.